The molecule has 1 aliphatic heterocycles. The maximum absolute atomic E-state index is 11.2. The fourth-order valence-electron chi connectivity index (χ4n) is 1.74. The summed E-state index contributed by atoms with van der Waals surface area (Å²) in [6.45, 7) is 0.350. The number of carbonyl (C=O) groups excluding carboxylic acids is 1. The summed E-state index contributed by atoms with van der Waals surface area (Å²) in [4.78, 5) is 21.7. The first-order valence-electron chi connectivity index (χ1n) is 5.82. The summed E-state index contributed by atoms with van der Waals surface area (Å²) in [5.74, 6) is -0.521. The molecule has 0 saturated carbocycles. The van der Waals surface area contributed by atoms with Crippen LogP contribution in [0.3, 0.4) is 0 Å². The van der Waals surface area contributed by atoms with E-state index in [0.29, 0.717) is 18.0 Å². The molecule has 0 bridgehead atoms. The quantitative estimate of drug-likeness (QED) is 0.606. The third kappa shape index (κ3) is 3.59. The maximum Gasteiger partial charge on any atom is 0.304 e. The smallest absolute Gasteiger partial charge is 0.304 e. The van der Waals surface area contributed by atoms with E-state index in [2.05, 4.69) is 10.6 Å². The molecule has 1 atom stereocenters. The van der Waals surface area contributed by atoms with Crippen molar-refractivity contribution in [2.24, 2.45) is 5.73 Å². The van der Waals surface area contributed by atoms with Crippen molar-refractivity contribution in [2.45, 2.75) is 12.5 Å². The van der Waals surface area contributed by atoms with E-state index in [4.69, 9.17) is 15.6 Å². The fraction of sp³-hybridized carbons (Fsp3) is 0.333. The van der Waals surface area contributed by atoms with Gasteiger partial charge >= 0.3 is 5.97 Å². The molecule has 0 aromatic heterocycles. The van der Waals surface area contributed by atoms with Gasteiger partial charge in [0.15, 0.2) is 6.61 Å². The van der Waals surface area contributed by atoms with Crippen LogP contribution in [0.25, 0.3) is 0 Å². The molecule has 1 aromatic carbocycles. The molecule has 5 N–H and O–H groups in total. The lowest BCUT2D eigenvalue weighted by Crippen LogP contribution is -2.31. The van der Waals surface area contributed by atoms with Crippen molar-refractivity contribution in [3.8, 4) is 5.75 Å². The van der Waals surface area contributed by atoms with Gasteiger partial charge in [0.2, 0.25) is 0 Å². The zero-order chi connectivity index (χ0) is 13.8. The largest absolute Gasteiger partial charge is 0.482 e. The number of hydrogen-bond donors (Lipinski definition) is 4. The van der Waals surface area contributed by atoms with Crippen molar-refractivity contribution in [1.29, 1.82) is 0 Å². The van der Waals surface area contributed by atoms with Gasteiger partial charge in [-0.3, -0.25) is 9.59 Å². The van der Waals surface area contributed by atoms with Crippen LogP contribution in [0.5, 0.6) is 5.75 Å². The first-order valence-corrected chi connectivity index (χ1v) is 5.82. The number of amides is 1. The average Bonchev–Trinajstić information content (AvgIpc) is 2.35. The van der Waals surface area contributed by atoms with E-state index in [1.54, 1.807) is 18.2 Å². The predicted molar refractivity (Wildman–Crippen MR) is 69.3 cm³/mol. The third-order valence-electron chi connectivity index (χ3n) is 2.62. The van der Waals surface area contributed by atoms with Gasteiger partial charge in [0, 0.05) is 18.3 Å². The fourth-order valence-corrected chi connectivity index (χ4v) is 1.74. The lowest BCUT2D eigenvalue weighted by Gasteiger charge is -2.19. The Morgan fingerprint density at radius 3 is 3.11 bits per heavy atom. The molecule has 1 amide bonds. The number of carboxylic acids is 1. The topological polar surface area (TPSA) is 114 Å². The second-order valence-corrected chi connectivity index (χ2v) is 4.29. The number of fused-ring (bicyclic) bond motifs is 1. The Bertz CT molecular complexity index is 504. The summed E-state index contributed by atoms with van der Waals surface area (Å²) in [5, 5.41) is 14.3. The van der Waals surface area contributed by atoms with Crippen molar-refractivity contribution in [2.75, 3.05) is 23.8 Å². The molecule has 0 saturated heterocycles. The van der Waals surface area contributed by atoms with Crippen LogP contribution in [-0.2, 0) is 9.59 Å². The van der Waals surface area contributed by atoms with Gasteiger partial charge < -0.3 is 26.2 Å². The van der Waals surface area contributed by atoms with Gasteiger partial charge in [-0.15, -0.1) is 0 Å². The minimum absolute atomic E-state index is 0.0171. The van der Waals surface area contributed by atoms with Gasteiger partial charge in [0.25, 0.3) is 5.91 Å². The van der Waals surface area contributed by atoms with E-state index >= 15 is 0 Å². The highest BCUT2D eigenvalue weighted by Gasteiger charge is 2.16. The van der Waals surface area contributed by atoms with Crippen LogP contribution in [0, 0.1) is 0 Å². The first kappa shape index (κ1) is 13.2. The molecule has 102 valence electrons. The van der Waals surface area contributed by atoms with Crippen molar-refractivity contribution < 1.29 is 19.4 Å². The summed E-state index contributed by atoms with van der Waals surface area (Å²) < 4.78 is 5.23. The molecular weight excluding hydrogens is 250 g/mol. The number of benzene rings is 1. The third-order valence-corrected chi connectivity index (χ3v) is 2.62. The Labute approximate surface area is 109 Å². The van der Waals surface area contributed by atoms with Crippen molar-refractivity contribution in [3.05, 3.63) is 18.2 Å². The van der Waals surface area contributed by atoms with E-state index in [-0.39, 0.29) is 18.9 Å². The summed E-state index contributed by atoms with van der Waals surface area (Å²) in [6.07, 6.45) is -0.0994. The molecule has 2 rings (SSSR count). The summed E-state index contributed by atoms with van der Waals surface area (Å²) in [6, 6.07) is 4.77. The molecule has 1 heterocycles. The molecule has 7 nitrogen and oxygen atoms in total. The van der Waals surface area contributed by atoms with Gasteiger partial charge in [-0.2, -0.15) is 0 Å². The Morgan fingerprint density at radius 2 is 2.37 bits per heavy atom. The van der Waals surface area contributed by atoms with E-state index < -0.39 is 12.0 Å². The van der Waals surface area contributed by atoms with Crippen molar-refractivity contribution in [3.63, 3.8) is 0 Å². The van der Waals surface area contributed by atoms with Gasteiger partial charge in [-0.25, -0.2) is 0 Å². The molecule has 0 aliphatic carbocycles. The van der Waals surface area contributed by atoms with E-state index in [9.17, 15) is 9.59 Å². The number of nitrogens with one attached hydrogen (secondary N) is 2. The molecular formula is C12H15N3O4. The number of anilines is 2. The van der Waals surface area contributed by atoms with Gasteiger partial charge in [-0.05, 0) is 18.2 Å². The van der Waals surface area contributed by atoms with Crippen LogP contribution in [0.4, 0.5) is 11.4 Å². The molecule has 0 spiro atoms. The molecule has 1 unspecified atom stereocenters. The molecule has 0 fully saturated rings. The highest BCUT2D eigenvalue weighted by Crippen LogP contribution is 2.30. The summed E-state index contributed by atoms with van der Waals surface area (Å²) in [7, 11) is 0. The van der Waals surface area contributed by atoms with Crippen LogP contribution < -0.4 is 21.1 Å². The summed E-state index contributed by atoms with van der Waals surface area (Å²) in [5.41, 5.74) is 6.98. The maximum atomic E-state index is 11.2. The lowest BCUT2D eigenvalue weighted by atomic mass is 10.2. The number of rotatable bonds is 5. The average molecular weight is 265 g/mol. The first-order chi connectivity index (χ1) is 9.04. The molecule has 1 aliphatic rings. The number of nitrogens with two attached hydrogens (primary N) is 1. The van der Waals surface area contributed by atoms with Crippen LogP contribution in [0.15, 0.2) is 18.2 Å². The van der Waals surface area contributed by atoms with Gasteiger partial charge in [0.05, 0.1) is 12.1 Å². The van der Waals surface area contributed by atoms with Crippen molar-refractivity contribution in [1.82, 2.24) is 0 Å². The SMILES string of the molecule is NC(CNc1ccc2c(c1)NC(=O)CO2)CC(=O)O. The second-order valence-electron chi connectivity index (χ2n) is 4.29. The van der Waals surface area contributed by atoms with Crippen LogP contribution >= 0.6 is 0 Å². The number of carboxylic acid groups (broad SMARTS) is 1. The Kier molecular flexibility index (Phi) is 3.86. The predicted octanol–water partition coefficient (Wildman–Crippen LogP) is 0.231. The Balaban J connectivity index is 1.96. The standard InChI is InChI=1S/C12H15N3O4/c13-7(3-12(17)18)5-14-8-1-2-10-9(4-8)15-11(16)6-19-10/h1-2,4,7,14H,3,5-6,13H2,(H,15,16)(H,17,18). The minimum Gasteiger partial charge on any atom is -0.482 e. The van der Waals surface area contributed by atoms with Crippen LogP contribution in [0.1, 0.15) is 6.42 Å². The van der Waals surface area contributed by atoms with Crippen LogP contribution in [-0.4, -0.2) is 36.2 Å². The van der Waals surface area contributed by atoms with Gasteiger partial charge in [-0.1, -0.05) is 0 Å². The number of aliphatic carboxylic acids is 1. The highest BCUT2D eigenvalue weighted by molar-refractivity contribution is 5.96. The molecule has 7 heteroatoms. The van der Waals surface area contributed by atoms with Crippen LogP contribution in [0.2, 0.25) is 0 Å². The number of hydrogen-bond acceptors (Lipinski definition) is 5. The zero-order valence-electron chi connectivity index (χ0n) is 10.2. The Hall–Kier alpha value is -2.28. The molecule has 0 radical (unpaired) electrons. The zero-order valence-corrected chi connectivity index (χ0v) is 10.2. The normalized spacial score (nSPS) is 14.9. The van der Waals surface area contributed by atoms with Crippen molar-refractivity contribution >= 4 is 23.3 Å². The monoisotopic (exact) mass is 265 g/mol. The van der Waals surface area contributed by atoms with Gasteiger partial charge in [0.1, 0.15) is 5.75 Å². The highest BCUT2D eigenvalue weighted by atomic mass is 16.5. The van der Waals surface area contributed by atoms with E-state index in [1.807, 2.05) is 0 Å². The Morgan fingerprint density at radius 1 is 1.58 bits per heavy atom. The summed E-state index contributed by atoms with van der Waals surface area (Å²) >= 11 is 0. The van der Waals surface area contributed by atoms with E-state index in [0.717, 1.165) is 5.69 Å². The minimum atomic E-state index is -0.930. The lowest BCUT2D eigenvalue weighted by molar-refractivity contribution is -0.137. The molecule has 1 aromatic rings. The number of ether oxygens (including phenoxy) is 1. The number of carbonyl (C=O) groups is 2. The second kappa shape index (κ2) is 5.57. The molecule has 19 heavy (non-hydrogen) atoms. The van der Waals surface area contributed by atoms with E-state index in [1.165, 1.54) is 0 Å².